The molecule has 1 aliphatic heterocycles. The van der Waals surface area contributed by atoms with E-state index in [1.165, 1.54) is 29.2 Å². The Morgan fingerprint density at radius 1 is 1.09 bits per heavy atom. The fourth-order valence-electron chi connectivity index (χ4n) is 3.15. The molecule has 1 fully saturated rings. The number of fused-ring (bicyclic) bond motifs is 1. The molecule has 0 aromatic heterocycles. The largest absolute Gasteiger partial charge is 0.357 e. The number of hydrogen-bond acceptors (Lipinski definition) is 1. The second-order valence-electron chi connectivity index (χ2n) is 5.82. The molecule has 1 saturated heterocycles. The molecule has 22 heavy (non-hydrogen) atoms. The summed E-state index contributed by atoms with van der Waals surface area (Å²) in [7, 11) is 0. The summed E-state index contributed by atoms with van der Waals surface area (Å²) < 4.78 is 0. The van der Waals surface area contributed by atoms with Gasteiger partial charge in [-0.25, -0.2) is 0 Å². The van der Waals surface area contributed by atoms with Crippen LogP contribution in [0.1, 0.15) is 25.3 Å². The highest BCUT2D eigenvalue weighted by Crippen LogP contribution is 2.19. The molecular formula is C19H25N3. The van der Waals surface area contributed by atoms with Crippen LogP contribution in [0.3, 0.4) is 0 Å². The van der Waals surface area contributed by atoms with Gasteiger partial charge in [0.25, 0.3) is 0 Å². The minimum absolute atomic E-state index is 0.840. The minimum Gasteiger partial charge on any atom is -0.357 e. The number of rotatable bonds is 4. The summed E-state index contributed by atoms with van der Waals surface area (Å²) in [6.45, 7) is 6.19. The van der Waals surface area contributed by atoms with Crippen molar-refractivity contribution in [1.29, 1.82) is 0 Å². The van der Waals surface area contributed by atoms with E-state index >= 15 is 0 Å². The van der Waals surface area contributed by atoms with Crippen LogP contribution in [0.4, 0.5) is 0 Å². The van der Waals surface area contributed by atoms with Crippen LogP contribution in [0.25, 0.3) is 10.8 Å². The molecule has 0 aliphatic carbocycles. The molecule has 3 rings (SSSR count). The van der Waals surface area contributed by atoms with Crippen molar-refractivity contribution in [2.45, 2.75) is 26.2 Å². The minimum atomic E-state index is 0.840. The Labute approximate surface area is 133 Å². The molecule has 0 bridgehead atoms. The van der Waals surface area contributed by atoms with Crippen molar-refractivity contribution in [3.05, 3.63) is 48.0 Å². The highest BCUT2D eigenvalue weighted by molar-refractivity contribution is 5.85. The van der Waals surface area contributed by atoms with E-state index < -0.39 is 0 Å². The zero-order chi connectivity index (χ0) is 15.2. The van der Waals surface area contributed by atoms with Gasteiger partial charge in [0.05, 0.1) is 0 Å². The van der Waals surface area contributed by atoms with Gasteiger partial charge in [-0.3, -0.25) is 4.99 Å². The first kappa shape index (κ1) is 14.9. The molecule has 1 aliphatic rings. The summed E-state index contributed by atoms with van der Waals surface area (Å²) in [6.07, 6.45) is 3.56. The van der Waals surface area contributed by atoms with Gasteiger partial charge in [0.15, 0.2) is 5.96 Å². The molecule has 2 aromatic carbocycles. The van der Waals surface area contributed by atoms with Gasteiger partial charge in [0.2, 0.25) is 0 Å². The maximum absolute atomic E-state index is 4.83. The van der Waals surface area contributed by atoms with E-state index in [0.717, 1.165) is 38.6 Å². The van der Waals surface area contributed by atoms with Gasteiger partial charge in [-0.05, 0) is 42.5 Å². The maximum atomic E-state index is 4.83. The lowest BCUT2D eigenvalue weighted by atomic mass is 10.0. The second-order valence-corrected chi connectivity index (χ2v) is 5.82. The van der Waals surface area contributed by atoms with Crippen LogP contribution < -0.4 is 5.32 Å². The Kier molecular flexibility index (Phi) is 4.94. The highest BCUT2D eigenvalue weighted by Gasteiger charge is 2.15. The number of nitrogens with zero attached hydrogens (tertiary/aromatic N) is 2. The maximum Gasteiger partial charge on any atom is 0.193 e. The number of nitrogens with one attached hydrogen (secondary N) is 1. The first-order chi connectivity index (χ1) is 10.9. The predicted octanol–water partition coefficient (Wildman–Crippen LogP) is 3.44. The van der Waals surface area contributed by atoms with Crippen molar-refractivity contribution in [1.82, 2.24) is 10.2 Å². The molecule has 3 nitrogen and oxygen atoms in total. The molecular weight excluding hydrogens is 270 g/mol. The molecule has 0 amide bonds. The highest BCUT2D eigenvalue weighted by atomic mass is 15.3. The molecule has 0 atom stereocenters. The molecule has 3 heteroatoms. The zero-order valence-corrected chi connectivity index (χ0v) is 13.4. The summed E-state index contributed by atoms with van der Waals surface area (Å²) in [5.41, 5.74) is 1.39. The average molecular weight is 295 g/mol. The fraction of sp³-hybridized carbons (Fsp3) is 0.421. The Morgan fingerprint density at radius 3 is 2.68 bits per heavy atom. The topological polar surface area (TPSA) is 27.6 Å². The van der Waals surface area contributed by atoms with Crippen LogP contribution in [0.5, 0.6) is 0 Å². The lowest BCUT2D eigenvalue weighted by Gasteiger charge is -2.20. The van der Waals surface area contributed by atoms with Crippen molar-refractivity contribution < 1.29 is 0 Å². The van der Waals surface area contributed by atoms with Crippen molar-refractivity contribution in [3.8, 4) is 0 Å². The predicted molar refractivity (Wildman–Crippen MR) is 94.4 cm³/mol. The number of hydrogen-bond donors (Lipinski definition) is 1. The average Bonchev–Trinajstić information content (AvgIpc) is 3.08. The third-order valence-corrected chi connectivity index (χ3v) is 4.26. The van der Waals surface area contributed by atoms with Gasteiger partial charge < -0.3 is 10.2 Å². The van der Waals surface area contributed by atoms with Crippen molar-refractivity contribution in [2.24, 2.45) is 4.99 Å². The molecule has 0 spiro atoms. The van der Waals surface area contributed by atoms with Gasteiger partial charge in [0.1, 0.15) is 0 Å². The van der Waals surface area contributed by atoms with Crippen molar-refractivity contribution in [2.75, 3.05) is 26.2 Å². The van der Waals surface area contributed by atoms with Gasteiger partial charge in [0, 0.05) is 26.2 Å². The summed E-state index contributed by atoms with van der Waals surface area (Å²) in [6, 6.07) is 15.1. The molecule has 2 aromatic rings. The van der Waals surface area contributed by atoms with Crippen LogP contribution in [-0.4, -0.2) is 37.0 Å². The van der Waals surface area contributed by atoms with E-state index in [1.807, 2.05) is 0 Å². The lowest BCUT2D eigenvalue weighted by Crippen LogP contribution is -2.39. The summed E-state index contributed by atoms with van der Waals surface area (Å²) in [5, 5.41) is 6.09. The molecule has 116 valence electrons. The fourth-order valence-corrected chi connectivity index (χ4v) is 3.15. The third-order valence-electron chi connectivity index (χ3n) is 4.26. The summed E-state index contributed by atoms with van der Waals surface area (Å²) in [5.74, 6) is 1.08. The standard InChI is InChI=1S/C19H25N3/c1-2-20-19(22-14-5-6-15-22)21-13-12-17-10-7-9-16-8-3-4-11-18(16)17/h3-4,7-11H,2,5-6,12-15H2,1H3,(H,20,21). The van der Waals surface area contributed by atoms with Crippen LogP contribution in [0.2, 0.25) is 0 Å². The molecule has 0 radical (unpaired) electrons. The quantitative estimate of drug-likeness (QED) is 0.691. The van der Waals surface area contributed by atoms with E-state index in [9.17, 15) is 0 Å². The molecule has 1 heterocycles. The zero-order valence-electron chi connectivity index (χ0n) is 13.4. The van der Waals surface area contributed by atoms with Crippen LogP contribution >= 0.6 is 0 Å². The smallest absolute Gasteiger partial charge is 0.193 e. The van der Waals surface area contributed by atoms with Crippen molar-refractivity contribution >= 4 is 16.7 Å². The molecule has 0 saturated carbocycles. The first-order valence-electron chi connectivity index (χ1n) is 8.38. The van der Waals surface area contributed by atoms with Crippen LogP contribution in [0.15, 0.2) is 47.5 Å². The Balaban J connectivity index is 1.71. The molecule has 0 unspecified atom stereocenters. The Morgan fingerprint density at radius 2 is 1.86 bits per heavy atom. The summed E-state index contributed by atoms with van der Waals surface area (Å²) >= 11 is 0. The van der Waals surface area contributed by atoms with Gasteiger partial charge in [-0.2, -0.15) is 0 Å². The van der Waals surface area contributed by atoms with E-state index in [0.29, 0.717) is 0 Å². The van der Waals surface area contributed by atoms with E-state index in [1.54, 1.807) is 0 Å². The lowest BCUT2D eigenvalue weighted by molar-refractivity contribution is 0.494. The SMILES string of the molecule is CCNC(=NCCc1cccc2ccccc12)N1CCCC1. The summed E-state index contributed by atoms with van der Waals surface area (Å²) in [4.78, 5) is 7.21. The third kappa shape index (κ3) is 3.41. The monoisotopic (exact) mass is 295 g/mol. The van der Waals surface area contributed by atoms with E-state index in [4.69, 9.17) is 4.99 Å². The van der Waals surface area contributed by atoms with Crippen molar-refractivity contribution in [3.63, 3.8) is 0 Å². The molecule has 1 N–H and O–H groups in total. The van der Waals surface area contributed by atoms with E-state index in [-0.39, 0.29) is 0 Å². The number of aliphatic imine (C=N–C) groups is 1. The van der Waals surface area contributed by atoms with Gasteiger partial charge >= 0.3 is 0 Å². The van der Waals surface area contributed by atoms with Gasteiger partial charge in [-0.1, -0.05) is 42.5 Å². The number of likely N-dealkylation sites (tertiary alicyclic amines) is 1. The van der Waals surface area contributed by atoms with Gasteiger partial charge in [-0.15, -0.1) is 0 Å². The number of benzene rings is 2. The normalized spacial score (nSPS) is 15.5. The van der Waals surface area contributed by atoms with Crippen LogP contribution in [0, 0.1) is 0 Å². The number of guanidine groups is 1. The second kappa shape index (κ2) is 7.30. The van der Waals surface area contributed by atoms with Crippen LogP contribution in [-0.2, 0) is 6.42 Å². The van der Waals surface area contributed by atoms with E-state index in [2.05, 4.69) is 59.6 Å². The Bertz CT molecular complexity index is 637. The Hall–Kier alpha value is -2.03. The first-order valence-corrected chi connectivity index (χ1v) is 8.38.